The van der Waals surface area contributed by atoms with Crippen molar-refractivity contribution < 1.29 is 37.6 Å². The molecular formula is C19H14F2N2O7. The molecule has 0 fully saturated rings. The normalized spacial score (nSPS) is 10.6. The summed E-state index contributed by atoms with van der Waals surface area (Å²) in [5, 5.41) is 12.7. The SMILES string of the molecule is O=C(COC(=O)/C=C/c1cccc([N+](=O)[O-])c1)NC(=O)c1ccc(OC(F)F)cc1. The summed E-state index contributed by atoms with van der Waals surface area (Å²) < 4.78 is 33.0. The van der Waals surface area contributed by atoms with Gasteiger partial charge in [-0.1, -0.05) is 12.1 Å². The first kappa shape index (κ1) is 22.1. The highest BCUT2D eigenvalue weighted by Crippen LogP contribution is 2.15. The fraction of sp³-hybridized carbons (Fsp3) is 0.105. The van der Waals surface area contributed by atoms with E-state index < -0.39 is 35.9 Å². The minimum absolute atomic E-state index is 0.00172. The van der Waals surface area contributed by atoms with Gasteiger partial charge >= 0.3 is 12.6 Å². The first-order valence-corrected chi connectivity index (χ1v) is 8.23. The Balaban J connectivity index is 1.82. The number of carbonyl (C=O) groups excluding carboxylic acids is 3. The number of imide groups is 1. The fourth-order valence-electron chi connectivity index (χ4n) is 2.11. The largest absolute Gasteiger partial charge is 0.452 e. The molecule has 1 N–H and O–H groups in total. The van der Waals surface area contributed by atoms with Crippen LogP contribution in [0.2, 0.25) is 0 Å². The number of halogens is 2. The molecule has 0 aliphatic carbocycles. The lowest BCUT2D eigenvalue weighted by molar-refractivity contribution is -0.384. The number of nitro benzene ring substituents is 1. The summed E-state index contributed by atoms with van der Waals surface area (Å²) in [5.41, 5.74) is 0.221. The molecule has 0 radical (unpaired) electrons. The summed E-state index contributed by atoms with van der Waals surface area (Å²) in [6, 6.07) is 10.1. The molecule has 2 rings (SSSR count). The van der Waals surface area contributed by atoms with Crippen molar-refractivity contribution in [2.45, 2.75) is 6.61 Å². The van der Waals surface area contributed by atoms with Gasteiger partial charge in [-0.15, -0.1) is 0 Å². The third-order valence-electron chi connectivity index (χ3n) is 3.43. The van der Waals surface area contributed by atoms with E-state index in [0.29, 0.717) is 5.56 Å². The second kappa shape index (κ2) is 10.4. The smallest absolute Gasteiger partial charge is 0.387 e. The number of benzene rings is 2. The van der Waals surface area contributed by atoms with Crippen LogP contribution in [0.1, 0.15) is 15.9 Å². The molecule has 0 unspecified atom stereocenters. The molecule has 0 aliphatic rings. The monoisotopic (exact) mass is 420 g/mol. The number of alkyl halides is 2. The lowest BCUT2D eigenvalue weighted by Crippen LogP contribution is -2.34. The molecule has 2 aromatic rings. The zero-order valence-corrected chi connectivity index (χ0v) is 15.1. The zero-order chi connectivity index (χ0) is 22.1. The molecule has 9 nitrogen and oxygen atoms in total. The van der Waals surface area contributed by atoms with Crippen molar-refractivity contribution in [2.24, 2.45) is 0 Å². The number of rotatable bonds is 8. The van der Waals surface area contributed by atoms with E-state index in [4.69, 9.17) is 0 Å². The molecule has 0 aromatic heterocycles. The highest BCUT2D eigenvalue weighted by molar-refractivity contribution is 6.05. The van der Waals surface area contributed by atoms with E-state index in [2.05, 4.69) is 9.47 Å². The van der Waals surface area contributed by atoms with E-state index in [1.165, 1.54) is 42.5 Å². The maximum absolute atomic E-state index is 12.1. The summed E-state index contributed by atoms with van der Waals surface area (Å²) in [4.78, 5) is 45.4. The Labute approximate surface area is 168 Å². The molecule has 0 saturated heterocycles. The number of non-ortho nitro benzene ring substituents is 1. The Kier molecular flexibility index (Phi) is 7.68. The fourth-order valence-corrected chi connectivity index (χ4v) is 2.11. The lowest BCUT2D eigenvalue weighted by atomic mass is 10.2. The standard InChI is InChI=1S/C19H14F2N2O7/c20-19(21)30-15-7-5-13(6-8-15)18(26)22-16(24)11-29-17(25)9-4-12-2-1-3-14(10-12)23(27)28/h1-10,19H,11H2,(H,22,24,26)/b9-4+. The van der Waals surface area contributed by atoms with E-state index in [-0.39, 0.29) is 17.0 Å². The van der Waals surface area contributed by atoms with Crippen LogP contribution < -0.4 is 10.1 Å². The first-order chi connectivity index (χ1) is 14.2. The predicted molar refractivity (Wildman–Crippen MR) is 98.6 cm³/mol. The van der Waals surface area contributed by atoms with Crippen LogP contribution in [-0.2, 0) is 14.3 Å². The van der Waals surface area contributed by atoms with Crippen molar-refractivity contribution in [1.29, 1.82) is 0 Å². The van der Waals surface area contributed by atoms with Gasteiger partial charge in [0.25, 0.3) is 17.5 Å². The van der Waals surface area contributed by atoms with Gasteiger partial charge in [-0.3, -0.25) is 25.0 Å². The van der Waals surface area contributed by atoms with Crippen LogP contribution in [0.4, 0.5) is 14.5 Å². The molecule has 0 bridgehead atoms. The van der Waals surface area contributed by atoms with E-state index in [9.17, 15) is 33.3 Å². The van der Waals surface area contributed by atoms with Crippen molar-refractivity contribution >= 4 is 29.5 Å². The molecular weight excluding hydrogens is 406 g/mol. The van der Waals surface area contributed by atoms with Gasteiger partial charge in [0.1, 0.15) is 5.75 Å². The number of hydrogen-bond donors (Lipinski definition) is 1. The quantitative estimate of drug-likeness (QED) is 0.301. The molecule has 0 atom stereocenters. The van der Waals surface area contributed by atoms with Crippen molar-refractivity contribution in [3.05, 3.63) is 75.8 Å². The Morgan fingerprint density at radius 1 is 1.13 bits per heavy atom. The van der Waals surface area contributed by atoms with Crippen molar-refractivity contribution in [2.75, 3.05) is 6.61 Å². The molecule has 30 heavy (non-hydrogen) atoms. The maximum atomic E-state index is 12.1. The summed E-state index contributed by atoms with van der Waals surface area (Å²) in [6.45, 7) is -3.76. The first-order valence-electron chi connectivity index (χ1n) is 8.23. The van der Waals surface area contributed by atoms with Crippen LogP contribution in [0.5, 0.6) is 5.75 Å². The number of esters is 1. The Morgan fingerprint density at radius 2 is 1.83 bits per heavy atom. The average molecular weight is 420 g/mol. The highest BCUT2D eigenvalue weighted by atomic mass is 19.3. The number of ether oxygens (including phenoxy) is 2. The zero-order valence-electron chi connectivity index (χ0n) is 15.1. The molecule has 2 aromatic carbocycles. The van der Waals surface area contributed by atoms with Gasteiger partial charge in [0.05, 0.1) is 4.92 Å². The van der Waals surface area contributed by atoms with Crippen LogP contribution in [0.3, 0.4) is 0 Å². The second-order valence-electron chi connectivity index (χ2n) is 5.57. The summed E-state index contributed by atoms with van der Waals surface area (Å²) in [5.74, 6) is -2.80. The third kappa shape index (κ3) is 7.11. The van der Waals surface area contributed by atoms with Crippen LogP contribution in [-0.4, -0.2) is 35.9 Å². The topological polar surface area (TPSA) is 125 Å². The number of carbonyl (C=O) groups is 3. The minimum atomic E-state index is -3.01. The van der Waals surface area contributed by atoms with Crippen molar-refractivity contribution in [1.82, 2.24) is 5.32 Å². The number of hydrogen-bond acceptors (Lipinski definition) is 7. The molecule has 0 aliphatic heterocycles. The molecule has 0 heterocycles. The number of nitrogens with zero attached hydrogens (tertiary/aromatic N) is 1. The second-order valence-corrected chi connectivity index (χ2v) is 5.57. The van der Waals surface area contributed by atoms with Gasteiger partial charge in [-0.25, -0.2) is 4.79 Å². The van der Waals surface area contributed by atoms with Crippen LogP contribution >= 0.6 is 0 Å². The van der Waals surface area contributed by atoms with E-state index in [0.717, 1.165) is 18.2 Å². The van der Waals surface area contributed by atoms with Crippen LogP contribution in [0, 0.1) is 10.1 Å². The Morgan fingerprint density at radius 3 is 2.47 bits per heavy atom. The summed E-state index contributed by atoms with van der Waals surface area (Å²) in [7, 11) is 0. The Hall–Kier alpha value is -4.15. The predicted octanol–water partition coefficient (Wildman–Crippen LogP) is 2.71. The number of amides is 2. The number of nitro groups is 1. The average Bonchev–Trinajstić information content (AvgIpc) is 2.71. The van der Waals surface area contributed by atoms with Gasteiger partial charge in [-0.05, 0) is 35.9 Å². The van der Waals surface area contributed by atoms with E-state index >= 15 is 0 Å². The van der Waals surface area contributed by atoms with Gasteiger partial charge in [0, 0.05) is 23.8 Å². The van der Waals surface area contributed by atoms with E-state index in [1.54, 1.807) is 0 Å². The van der Waals surface area contributed by atoms with E-state index in [1.807, 2.05) is 5.32 Å². The van der Waals surface area contributed by atoms with Gasteiger partial charge in [0.2, 0.25) is 0 Å². The molecule has 2 amide bonds. The minimum Gasteiger partial charge on any atom is -0.452 e. The third-order valence-corrected chi connectivity index (χ3v) is 3.43. The summed E-state index contributed by atoms with van der Waals surface area (Å²) in [6.07, 6.45) is 2.23. The van der Waals surface area contributed by atoms with Crippen molar-refractivity contribution in [3.63, 3.8) is 0 Å². The number of nitrogens with one attached hydrogen (secondary N) is 1. The molecule has 156 valence electrons. The van der Waals surface area contributed by atoms with Gasteiger partial charge in [-0.2, -0.15) is 8.78 Å². The van der Waals surface area contributed by atoms with Gasteiger partial charge < -0.3 is 9.47 Å². The Bertz CT molecular complexity index is 975. The summed E-state index contributed by atoms with van der Waals surface area (Å²) >= 11 is 0. The molecule has 0 spiro atoms. The molecule has 11 heteroatoms. The maximum Gasteiger partial charge on any atom is 0.387 e. The lowest BCUT2D eigenvalue weighted by Gasteiger charge is -2.06. The van der Waals surface area contributed by atoms with Gasteiger partial charge in [0.15, 0.2) is 6.61 Å². The van der Waals surface area contributed by atoms with Crippen molar-refractivity contribution in [3.8, 4) is 5.75 Å². The highest BCUT2D eigenvalue weighted by Gasteiger charge is 2.13. The van der Waals surface area contributed by atoms with Crippen LogP contribution in [0.15, 0.2) is 54.6 Å². The molecule has 0 saturated carbocycles. The van der Waals surface area contributed by atoms with Crippen LogP contribution in [0.25, 0.3) is 6.08 Å².